The summed E-state index contributed by atoms with van der Waals surface area (Å²) < 4.78 is 14.9. The van der Waals surface area contributed by atoms with E-state index in [1.807, 2.05) is 35.2 Å². The third-order valence-corrected chi connectivity index (χ3v) is 6.23. The first kappa shape index (κ1) is 21.6. The van der Waals surface area contributed by atoms with Crippen LogP contribution in [-0.4, -0.2) is 57.6 Å². The Kier molecular flexibility index (Phi) is 5.67. The zero-order chi connectivity index (χ0) is 23.7. The lowest BCUT2D eigenvalue weighted by atomic mass is 10.0. The molecule has 0 atom stereocenters. The predicted molar refractivity (Wildman–Crippen MR) is 129 cm³/mol. The van der Waals surface area contributed by atoms with E-state index in [9.17, 15) is 14.0 Å². The number of rotatable bonds is 5. The summed E-state index contributed by atoms with van der Waals surface area (Å²) in [4.78, 5) is 36.9. The van der Waals surface area contributed by atoms with Crippen LogP contribution >= 0.6 is 0 Å². The Balaban J connectivity index is 1.35. The Bertz CT molecular complexity index is 1370. The SMILES string of the molecule is C=C(C(=O)c1c[nH]c2c(-c3cccnc3)ccc(F)c12)N1CCN(C(=O)c2ccccc2)CC1. The van der Waals surface area contributed by atoms with E-state index in [0.29, 0.717) is 43.0 Å². The molecule has 6 nitrogen and oxygen atoms in total. The fraction of sp³-hybridized carbons (Fsp3) is 0.148. The number of piperazine rings is 1. The molecule has 2 aromatic carbocycles. The molecule has 0 bridgehead atoms. The molecule has 0 saturated carbocycles. The number of hydrogen-bond acceptors (Lipinski definition) is 4. The van der Waals surface area contributed by atoms with Crippen molar-refractivity contribution in [3.8, 4) is 11.1 Å². The summed E-state index contributed by atoms with van der Waals surface area (Å²) in [6, 6.07) is 15.9. The molecule has 0 aliphatic carbocycles. The Morgan fingerprint density at radius 1 is 0.941 bits per heavy atom. The van der Waals surface area contributed by atoms with Crippen LogP contribution in [-0.2, 0) is 0 Å². The molecule has 0 radical (unpaired) electrons. The van der Waals surface area contributed by atoms with Crippen LogP contribution in [0.4, 0.5) is 4.39 Å². The summed E-state index contributed by atoms with van der Waals surface area (Å²) in [5, 5.41) is 0.241. The van der Waals surface area contributed by atoms with E-state index in [2.05, 4.69) is 16.5 Å². The lowest BCUT2D eigenvalue weighted by molar-refractivity contribution is 0.0662. The average molecular weight is 455 g/mol. The zero-order valence-electron chi connectivity index (χ0n) is 18.5. The normalized spacial score (nSPS) is 13.8. The molecule has 34 heavy (non-hydrogen) atoms. The van der Waals surface area contributed by atoms with Crippen molar-refractivity contribution in [2.75, 3.05) is 26.2 Å². The van der Waals surface area contributed by atoms with Crippen LogP contribution in [0, 0.1) is 5.82 Å². The van der Waals surface area contributed by atoms with Crippen LogP contribution in [0.1, 0.15) is 20.7 Å². The average Bonchev–Trinajstić information content (AvgIpc) is 3.35. The fourth-order valence-corrected chi connectivity index (χ4v) is 4.39. The monoisotopic (exact) mass is 454 g/mol. The second kappa shape index (κ2) is 8.94. The van der Waals surface area contributed by atoms with Crippen LogP contribution in [0.15, 0.2) is 85.5 Å². The molecule has 2 aromatic heterocycles. The number of benzene rings is 2. The van der Waals surface area contributed by atoms with Gasteiger partial charge in [0.1, 0.15) is 5.82 Å². The number of aromatic amines is 1. The van der Waals surface area contributed by atoms with Gasteiger partial charge in [0.25, 0.3) is 5.91 Å². The van der Waals surface area contributed by atoms with Crippen molar-refractivity contribution in [1.29, 1.82) is 0 Å². The van der Waals surface area contributed by atoms with E-state index in [0.717, 1.165) is 11.1 Å². The standard InChI is InChI=1S/C27H23FN4O2/c1-18(31-12-14-32(15-13-31)27(34)19-6-3-2-4-7-19)26(33)22-17-30-25-21(9-10-23(28)24(22)25)20-8-5-11-29-16-20/h2-11,16-17,30H,1,12-15H2. The molecule has 1 amide bonds. The summed E-state index contributed by atoms with van der Waals surface area (Å²) in [5.41, 5.74) is 3.31. The number of ketones is 1. The summed E-state index contributed by atoms with van der Waals surface area (Å²) in [6.07, 6.45) is 4.91. The lowest BCUT2D eigenvalue weighted by Crippen LogP contribution is -2.48. The molecule has 1 fully saturated rings. The number of carbonyl (C=O) groups excluding carboxylic acids is 2. The lowest BCUT2D eigenvalue weighted by Gasteiger charge is -2.36. The number of hydrogen-bond donors (Lipinski definition) is 1. The molecule has 1 saturated heterocycles. The van der Waals surface area contributed by atoms with E-state index in [1.54, 1.807) is 35.5 Å². The van der Waals surface area contributed by atoms with Crippen molar-refractivity contribution in [3.05, 3.63) is 102 Å². The third kappa shape index (κ3) is 3.85. The topological polar surface area (TPSA) is 69.3 Å². The first-order chi connectivity index (χ1) is 16.5. The summed E-state index contributed by atoms with van der Waals surface area (Å²) in [7, 11) is 0. The van der Waals surface area contributed by atoms with Crippen molar-refractivity contribution >= 4 is 22.6 Å². The Morgan fingerprint density at radius 3 is 2.38 bits per heavy atom. The maximum atomic E-state index is 14.9. The molecule has 0 unspecified atom stereocenters. The number of nitrogens with zero attached hydrogens (tertiary/aromatic N) is 3. The summed E-state index contributed by atoms with van der Waals surface area (Å²) in [6.45, 7) is 5.93. The quantitative estimate of drug-likeness (QED) is 0.356. The number of Topliss-reactive ketones (excluding diaryl/α,β-unsaturated/α-hetero) is 1. The third-order valence-electron chi connectivity index (χ3n) is 6.23. The molecular formula is C27H23FN4O2. The number of amides is 1. The molecule has 3 heterocycles. The van der Waals surface area contributed by atoms with Crippen molar-refractivity contribution in [3.63, 3.8) is 0 Å². The highest BCUT2D eigenvalue weighted by atomic mass is 19.1. The first-order valence-electron chi connectivity index (χ1n) is 11.1. The number of nitrogens with one attached hydrogen (secondary N) is 1. The Morgan fingerprint density at radius 2 is 1.68 bits per heavy atom. The minimum Gasteiger partial charge on any atom is -0.365 e. The molecule has 7 heteroatoms. The first-order valence-corrected chi connectivity index (χ1v) is 11.1. The van der Waals surface area contributed by atoms with Gasteiger partial charge in [-0.2, -0.15) is 0 Å². The van der Waals surface area contributed by atoms with Crippen molar-refractivity contribution < 1.29 is 14.0 Å². The van der Waals surface area contributed by atoms with E-state index in [4.69, 9.17) is 0 Å². The highest BCUT2D eigenvalue weighted by Crippen LogP contribution is 2.32. The van der Waals surface area contributed by atoms with Crippen LogP contribution in [0.3, 0.4) is 0 Å². The van der Waals surface area contributed by atoms with Crippen molar-refractivity contribution in [2.45, 2.75) is 0 Å². The molecular weight excluding hydrogens is 431 g/mol. The van der Waals surface area contributed by atoms with Gasteiger partial charge in [-0.3, -0.25) is 14.6 Å². The van der Waals surface area contributed by atoms with Gasteiger partial charge in [-0.15, -0.1) is 0 Å². The number of carbonyl (C=O) groups is 2. The Labute approximate surface area is 196 Å². The van der Waals surface area contributed by atoms with Gasteiger partial charge in [0.2, 0.25) is 5.78 Å². The molecule has 170 valence electrons. The maximum Gasteiger partial charge on any atom is 0.253 e. The molecule has 5 rings (SSSR count). The van der Waals surface area contributed by atoms with Crippen molar-refractivity contribution in [2.24, 2.45) is 0 Å². The second-order valence-electron chi connectivity index (χ2n) is 8.21. The maximum absolute atomic E-state index is 14.9. The van der Waals surface area contributed by atoms with Crippen LogP contribution < -0.4 is 0 Å². The molecule has 0 spiro atoms. The molecule has 1 N–H and O–H groups in total. The van der Waals surface area contributed by atoms with E-state index in [1.165, 1.54) is 12.3 Å². The van der Waals surface area contributed by atoms with Gasteiger partial charge in [0.05, 0.1) is 16.8 Å². The number of halogens is 1. The van der Waals surface area contributed by atoms with Gasteiger partial charge in [0, 0.05) is 66.8 Å². The molecule has 1 aliphatic rings. The smallest absolute Gasteiger partial charge is 0.253 e. The van der Waals surface area contributed by atoms with Gasteiger partial charge in [0.15, 0.2) is 0 Å². The van der Waals surface area contributed by atoms with Gasteiger partial charge >= 0.3 is 0 Å². The largest absolute Gasteiger partial charge is 0.365 e. The second-order valence-corrected chi connectivity index (χ2v) is 8.21. The minimum absolute atomic E-state index is 0.0289. The zero-order valence-corrected chi connectivity index (χ0v) is 18.5. The van der Waals surface area contributed by atoms with Gasteiger partial charge in [-0.25, -0.2) is 4.39 Å². The van der Waals surface area contributed by atoms with E-state index < -0.39 is 5.82 Å². The predicted octanol–water partition coefficient (Wildman–Crippen LogP) is 4.52. The molecule has 1 aliphatic heterocycles. The fourth-order valence-electron chi connectivity index (χ4n) is 4.39. The van der Waals surface area contributed by atoms with Crippen LogP contribution in [0.5, 0.6) is 0 Å². The number of aromatic nitrogens is 2. The Hall–Kier alpha value is -4.26. The number of fused-ring (bicyclic) bond motifs is 1. The van der Waals surface area contributed by atoms with Gasteiger partial charge in [-0.1, -0.05) is 30.8 Å². The number of allylic oxidation sites excluding steroid dienone is 1. The molecule has 4 aromatic rings. The number of H-pyrrole nitrogens is 1. The minimum atomic E-state index is -0.474. The van der Waals surface area contributed by atoms with Gasteiger partial charge < -0.3 is 14.8 Å². The van der Waals surface area contributed by atoms with Crippen molar-refractivity contribution in [1.82, 2.24) is 19.8 Å². The summed E-state index contributed by atoms with van der Waals surface area (Å²) >= 11 is 0. The van der Waals surface area contributed by atoms with Crippen LogP contribution in [0.25, 0.3) is 22.0 Å². The highest BCUT2D eigenvalue weighted by molar-refractivity contribution is 6.17. The van der Waals surface area contributed by atoms with Gasteiger partial charge in [-0.05, 0) is 30.3 Å². The van der Waals surface area contributed by atoms with Crippen LogP contribution in [0.2, 0.25) is 0 Å². The summed E-state index contributed by atoms with van der Waals surface area (Å²) in [5.74, 6) is -0.839. The van der Waals surface area contributed by atoms with E-state index in [-0.39, 0.29) is 22.6 Å². The number of pyridine rings is 1. The van der Waals surface area contributed by atoms with E-state index >= 15 is 0 Å². The highest BCUT2D eigenvalue weighted by Gasteiger charge is 2.27.